The Morgan fingerprint density at radius 2 is 2.41 bits per heavy atom. The van der Waals surface area contributed by atoms with Crippen LogP contribution in [-0.2, 0) is 6.54 Å². The fraction of sp³-hybridized carbons (Fsp3) is 0.200. The largest absolute Gasteiger partial charge is 0.373 e. The molecule has 0 fully saturated rings. The summed E-state index contributed by atoms with van der Waals surface area (Å²) in [5.74, 6) is 0.754. The van der Waals surface area contributed by atoms with Crippen LogP contribution >= 0.6 is 0 Å². The fourth-order valence-electron chi connectivity index (χ4n) is 1.43. The van der Waals surface area contributed by atoms with Gasteiger partial charge in [0.2, 0.25) is 0 Å². The summed E-state index contributed by atoms with van der Waals surface area (Å²) < 4.78 is 1.52. The van der Waals surface area contributed by atoms with E-state index >= 15 is 0 Å². The van der Waals surface area contributed by atoms with E-state index in [1.165, 1.54) is 17.1 Å². The van der Waals surface area contributed by atoms with E-state index in [4.69, 9.17) is 0 Å². The van der Waals surface area contributed by atoms with Crippen LogP contribution in [0.2, 0.25) is 0 Å². The van der Waals surface area contributed by atoms with Crippen molar-refractivity contribution >= 4 is 11.5 Å². The number of nitrogens with zero attached hydrogens (tertiary/aromatic N) is 4. The molecule has 0 saturated heterocycles. The Morgan fingerprint density at radius 1 is 1.59 bits per heavy atom. The van der Waals surface area contributed by atoms with E-state index in [0.717, 1.165) is 11.4 Å². The van der Waals surface area contributed by atoms with Crippen LogP contribution in [0.5, 0.6) is 0 Å². The number of nitro groups is 1. The molecule has 0 unspecified atom stereocenters. The highest BCUT2D eigenvalue weighted by Gasteiger charge is 2.08. The standard InChI is InChI=1S/C10H11N5O2/c1-11-10-4-8(2-3-12-10)6-14-7-9(5-13-14)15(16)17/h2-5,7H,6H2,1H3,(H,11,12). The minimum absolute atomic E-state index is 0.00658. The second kappa shape index (κ2) is 4.60. The number of rotatable bonds is 4. The van der Waals surface area contributed by atoms with Crippen LogP contribution in [0.4, 0.5) is 11.5 Å². The highest BCUT2D eigenvalue weighted by Crippen LogP contribution is 2.11. The maximum Gasteiger partial charge on any atom is 0.307 e. The van der Waals surface area contributed by atoms with Crippen molar-refractivity contribution in [1.82, 2.24) is 14.8 Å². The van der Waals surface area contributed by atoms with Crippen LogP contribution in [0.25, 0.3) is 0 Å². The Kier molecular flexibility index (Phi) is 2.99. The predicted molar refractivity (Wildman–Crippen MR) is 61.8 cm³/mol. The molecule has 0 saturated carbocycles. The maximum absolute atomic E-state index is 10.5. The van der Waals surface area contributed by atoms with Crippen LogP contribution in [0.1, 0.15) is 5.56 Å². The van der Waals surface area contributed by atoms with E-state index in [0.29, 0.717) is 6.54 Å². The Bertz CT molecular complexity index is 537. The van der Waals surface area contributed by atoms with Crippen molar-refractivity contribution < 1.29 is 4.92 Å². The van der Waals surface area contributed by atoms with E-state index in [1.807, 2.05) is 12.1 Å². The van der Waals surface area contributed by atoms with Crippen molar-refractivity contribution in [3.8, 4) is 0 Å². The van der Waals surface area contributed by atoms with Crippen molar-refractivity contribution in [3.05, 3.63) is 46.4 Å². The average molecular weight is 233 g/mol. The number of hydrogen-bond acceptors (Lipinski definition) is 5. The van der Waals surface area contributed by atoms with Gasteiger partial charge in [-0.2, -0.15) is 5.10 Å². The molecule has 17 heavy (non-hydrogen) atoms. The third kappa shape index (κ3) is 2.57. The van der Waals surface area contributed by atoms with E-state index in [1.54, 1.807) is 13.2 Å². The highest BCUT2D eigenvalue weighted by molar-refractivity contribution is 5.36. The van der Waals surface area contributed by atoms with Crippen molar-refractivity contribution in [1.29, 1.82) is 0 Å². The van der Waals surface area contributed by atoms with Gasteiger partial charge < -0.3 is 5.32 Å². The number of aromatic nitrogens is 3. The van der Waals surface area contributed by atoms with Gasteiger partial charge in [-0.3, -0.25) is 14.8 Å². The molecule has 2 heterocycles. The molecule has 0 radical (unpaired) electrons. The summed E-state index contributed by atoms with van der Waals surface area (Å²) >= 11 is 0. The van der Waals surface area contributed by atoms with Gasteiger partial charge in [0, 0.05) is 13.2 Å². The fourth-order valence-corrected chi connectivity index (χ4v) is 1.43. The van der Waals surface area contributed by atoms with Crippen LogP contribution in [0, 0.1) is 10.1 Å². The molecule has 0 aliphatic rings. The summed E-state index contributed by atoms with van der Waals surface area (Å²) in [7, 11) is 1.78. The first kappa shape index (κ1) is 11.1. The smallest absolute Gasteiger partial charge is 0.307 e. The van der Waals surface area contributed by atoms with Crippen molar-refractivity contribution in [2.75, 3.05) is 12.4 Å². The van der Waals surface area contributed by atoms with E-state index < -0.39 is 4.92 Å². The van der Waals surface area contributed by atoms with E-state index in [2.05, 4.69) is 15.4 Å². The van der Waals surface area contributed by atoms with Gasteiger partial charge in [0.05, 0.1) is 11.5 Å². The Balaban J connectivity index is 2.16. The number of nitrogens with one attached hydrogen (secondary N) is 1. The van der Waals surface area contributed by atoms with Crippen molar-refractivity contribution in [2.45, 2.75) is 6.54 Å². The minimum Gasteiger partial charge on any atom is -0.373 e. The first-order valence-electron chi connectivity index (χ1n) is 4.98. The van der Waals surface area contributed by atoms with Gasteiger partial charge in [-0.05, 0) is 17.7 Å². The molecule has 2 aromatic heterocycles. The summed E-state index contributed by atoms with van der Waals surface area (Å²) in [5, 5.41) is 17.3. The van der Waals surface area contributed by atoms with E-state index in [9.17, 15) is 10.1 Å². The molecule has 1 N–H and O–H groups in total. The molecule has 0 aliphatic heterocycles. The SMILES string of the molecule is CNc1cc(Cn2cc([N+](=O)[O-])cn2)ccn1. The molecule has 0 aromatic carbocycles. The Labute approximate surface area is 97.2 Å². The first-order valence-corrected chi connectivity index (χ1v) is 4.98. The molecule has 0 amide bonds. The highest BCUT2D eigenvalue weighted by atomic mass is 16.6. The zero-order valence-corrected chi connectivity index (χ0v) is 9.20. The zero-order chi connectivity index (χ0) is 12.3. The third-order valence-corrected chi connectivity index (χ3v) is 2.26. The summed E-state index contributed by atoms with van der Waals surface area (Å²) in [6, 6.07) is 3.71. The third-order valence-electron chi connectivity index (χ3n) is 2.26. The lowest BCUT2D eigenvalue weighted by Gasteiger charge is -2.03. The first-order chi connectivity index (χ1) is 8.19. The van der Waals surface area contributed by atoms with Crippen molar-refractivity contribution in [2.24, 2.45) is 0 Å². The number of hydrogen-bond donors (Lipinski definition) is 1. The molecule has 88 valence electrons. The van der Waals surface area contributed by atoms with Gasteiger partial charge in [-0.1, -0.05) is 0 Å². The van der Waals surface area contributed by atoms with Gasteiger partial charge in [0.15, 0.2) is 0 Å². The molecule has 0 atom stereocenters. The van der Waals surface area contributed by atoms with Crippen LogP contribution in [0.3, 0.4) is 0 Å². The molecule has 2 rings (SSSR count). The Morgan fingerprint density at radius 3 is 3.06 bits per heavy atom. The van der Waals surface area contributed by atoms with Crippen molar-refractivity contribution in [3.63, 3.8) is 0 Å². The normalized spacial score (nSPS) is 10.2. The summed E-state index contributed by atoms with van der Waals surface area (Å²) in [5.41, 5.74) is 0.968. The average Bonchev–Trinajstić information content (AvgIpc) is 2.78. The lowest BCUT2D eigenvalue weighted by atomic mass is 10.2. The second-order valence-corrected chi connectivity index (χ2v) is 3.45. The van der Waals surface area contributed by atoms with Crippen LogP contribution in [-0.4, -0.2) is 26.7 Å². The number of anilines is 1. The summed E-state index contributed by atoms with van der Waals surface area (Å²) in [6.45, 7) is 0.477. The molecule has 7 heteroatoms. The quantitative estimate of drug-likeness (QED) is 0.635. The number of pyridine rings is 1. The topological polar surface area (TPSA) is 85.9 Å². The minimum atomic E-state index is -0.463. The van der Waals surface area contributed by atoms with Gasteiger partial charge in [-0.15, -0.1) is 0 Å². The second-order valence-electron chi connectivity index (χ2n) is 3.45. The molecule has 7 nitrogen and oxygen atoms in total. The maximum atomic E-state index is 10.5. The van der Waals surface area contributed by atoms with Gasteiger partial charge in [0.1, 0.15) is 18.2 Å². The molecular formula is C10H11N5O2. The van der Waals surface area contributed by atoms with Gasteiger partial charge in [0.25, 0.3) is 0 Å². The summed E-state index contributed by atoms with van der Waals surface area (Å²) in [6.07, 6.45) is 4.32. The summed E-state index contributed by atoms with van der Waals surface area (Å²) in [4.78, 5) is 14.1. The molecular weight excluding hydrogens is 222 g/mol. The van der Waals surface area contributed by atoms with Gasteiger partial charge >= 0.3 is 5.69 Å². The molecule has 0 bridgehead atoms. The lowest BCUT2D eigenvalue weighted by molar-refractivity contribution is -0.385. The van der Waals surface area contributed by atoms with Crippen LogP contribution in [0.15, 0.2) is 30.7 Å². The zero-order valence-electron chi connectivity index (χ0n) is 9.20. The molecule has 0 aliphatic carbocycles. The van der Waals surface area contributed by atoms with Crippen LogP contribution < -0.4 is 5.32 Å². The Hall–Kier alpha value is -2.44. The monoisotopic (exact) mass is 233 g/mol. The predicted octanol–water partition coefficient (Wildman–Crippen LogP) is 1.28. The molecule has 2 aromatic rings. The molecule has 0 spiro atoms. The van der Waals surface area contributed by atoms with Gasteiger partial charge in [-0.25, -0.2) is 4.98 Å². The van der Waals surface area contributed by atoms with E-state index in [-0.39, 0.29) is 5.69 Å². The lowest BCUT2D eigenvalue weighted by Crippen LogP contribution is -2.01.